The number of hydrogen-bond acceptors (Lipinski definition) is 1. The Morgan fingerprint density at radius 1 is 1.56 bits per heavy atom. The van der Waals surface area contributed by atoms with Gasteiger partial charge in [-0.3, -0.25) is 0 Å². The van der Waals surface area contributed by atoms with E-state index in [1.54, 1.807) is 5.57 Å². The third kappa shape index (κ3) is 1.88. The lowest BCUT2D eigenvalue weighted by atomic mass is 10.1. The highest BCUT2D eigenvalue weighted by atomic mass is 15.1. The number of nitrogens with zero attached hydrogens (tertiary/aromatic N) is 1. The van der Waals surface area contributed by atoms with E-state index in [4.69, 9.17) is 0 Å². The van der Waals surface area contributed by atoms with Crippen molar-refractivity contribution in [3.8, 4) is 0 Å². The van der Waals surface area contributed by atoms with Crippen LogP contribution in [0.1, 0.15) is 20.3 Å². The zero-order chi connectivity index (χ0) is 11.7. The van der Waals surface area contributed by atoms with E-state index in [1.165, 1.54) is 12.1 Å². The van der Waals surface area contributed by atoms with Gasteiger partial charge in [0.25, 0.3) is 0 Å². The van der Waals surface area contributed by atoms with Crippen molar-refractivity contribution in [2.45, 2.75) is 20.3 Å². The molecule has 0 N–H and O–H groups in total. The Kier molecular flexibility index (Phi) is 3.07. The standard InChI is InChI=1S/C15H21N/c1-5-7-13-10-16(11(3)6-2)9-8-14-12(4)15(13)14/h5,7,12,14-15H,1-2,8-10H2,3-4H3/b13-7-. The molecule has 2 aliphatic rings. The highest BCUT2D eigenvalue weighted by Gasteiger charge is 2.49. The van der Waals surface area contributed by atoms with Crippen molar-refractivity contribution in [3.05, 3.63) is 42.3 Å². The summed E-state index contributed by atoms with van der Waals surface area (Å²) in [5.74, 6) is 2.58. The molecule has 2 fully saturated rings. The first-order valence-electron chi connectivity index (χ1n) is 6.12. The van der Waals surface area contributed by atoms with Crippen LogP contribution in [0.4, 0.5) is 0 Å². The molecule has 1 heterocycles. The molecule has 1 saturated carbocycles. The maximum absolute atomic E-state index is 3.82. The molecule has 0 bridgehead atoms. The topological polar surface area (TPSA) is 3.24 Å². The summed E-state index contributed by atoms with van der Waals surface area (Å²) in [7, 11) is 0. The molecule has 0 aromatic heterocycles. The zero-order valence-corrected chi connectivity index (χ0v) is 10.4. The maximum atomic E-state index is 3.82. The molecule has 2 rings (SSSR count). The van der Waals surface area contributed by atoms with Crippen molar-refractivity contribution in [1.82, 2.24) is 4.90 Å². The van der Waals surface area contributed by atoms with Gasteiger partial charge in [-0.15, -0.1) is 5.73 Å². The first-order valence-corrected chi connectivity index (χ1v) is 6.12. The molecule has 1 aliphatic carbocycles. The molecule has 1 heteroatoms. The van der Waals surface area contributed by atoms with Crippen LogP contribution < -0.4 is 0 Å². The molecule has 0 amide bonds. The Morgan fingerprint density at radius 3 is 2.94 bits per heavy atom. The van der Waals surface area contributed by atoms with E-state index in [1.807, 2.05) is 6.08 Å². The molecule has 0 aromatic rings. The summed E-state index contributed by atoms with van der Waals surface area (Å²) in [6.45, 7) is 14.2. The van der Waals surface area contributed by atoms with Crippen molar-refractivity contribution < 1.29 is 0 Å². The molecule has 0 aromatic carbocycles. The fourth-order valence-electron chi connectivity index (χ4n) is 3.02. The van der Waals surface area contributed by atoms with E-state index < -0.39 is 0 Å². The van der Waals surface area contributed by atoms with Crippen molar-refractivity contribution in [2.75, 3.05) is 13.1 Å². The summed E-state index contributed by atoms with van der Waals surface area (Å²) in [4.78, 5) is 2.39. The Hall–Kier alpha value is -1.20. The molecule has 3 unspecified atom stereocenters. The van der Waals surface area contributed by atoms with Crippen LogP contribution in [0.25, 0.3) is 0 Å². The second-order valence-electron chi connectivity index (χ2n) is 5.00. The molecule has 1 nitrogen and oxygen atoms in total. The minimum atomic E-state index is 0.806. The van der Waals surface area contributed by atoms with Crippen LogP contribution in [0.2, 0.25) is 0 Å². The lowest BCUT2D eigenvalue weighted by molar-refractivity contribution is 0.364. The molecule has 1 aliphatic heterocycles. The minimum absolute atomic E-state index is 0.806. The normalized spacial score (nSPS) is 35.0. The zero-order valence-electron chi connectivity index (χ0n) is 10.4. The van der Waals surface area contributed by atoms with Gasteiger partial charge in [0.05, 0.1) is 5.70 Å². The van der Waals surface area contributed by atoms with Crippen LogP contribution in [-0.2, 0) is 0 Å². The van der Waals surface area contributed by atoms with Gasteiger partial charge in [0, 0.05) is 13.1 Å². The Bertz CT molecular complexity index is 371. The number of likely N-dealkylation sites (tertiary alicyclic amines) is 1. The van der Waals surface area contributed by atoms with Gasteiger partial charge in [-0.2, -0.15) is 0 Å². The van der Waals surface area contributed by atoms with Gasteiger partial charge in [-0.25, -0.2) is 0 Å². The monoisotopic (exact) mass is 215 g/mol. The van der Waals surface area contributed by atoms with Gasteiger partial charge in [0.2, 0.25) is 0 Å². The van der Waals surface area contributed by atoms with E-state index in [0.717, 1.165) is 30.8 Å². The van der Waals surface area contributed by atoms with E-state index >= 15 is 0 Å². The van der Waals surface area contributed by atoms with E-state index in [9.17, 15) is 0 Å². The summed E-state index contributed by atoms with van der Waals surface area (Å²) >= 11 is 0. The number of fused-ring (bicyclic) bond motifs is 1. The fourth-order valence-corrected chi connectivity index (χ4v) is 3.02. The van der Waals surface area contributed by atoms with Crippen LogP contribution in [0.15, 0.2) is 42.3 Å². The number of allylic oxidation sites excluding steroid dienone is 3. The first-order chi connectivity index (χ1) is 7.69. The average molecular weight is 215 g/mol. The van der Waals surface area contributed by atoms with Gasteiger partial charge >= 0.3 is 0 Å². The third-order valence-corrected chi connectivity index (χ3v) is 4.16. The van der Waals surface area contributed by atoms with Crippen molar-refractivity contribution in [3.63, 3.8) is 0 Å². The largest absolute Gasteiger partial charge is 0.365 e. The second kappa shape index (κ2) is 4.35. The highest BCUT2D eigenvalue weighted by molar-refractivity contribution is 5.26. The summed E-state index contributed by atoms with van der Waals surface area (Å²) < 4.78 is 0. The Balaban J connectivity index is 2.19. The second-order valence-corrected chi connectivity index (χ2v) is 5.00. The van der Waals surface area contributed by atoms with E-state index in [0.29, 0.717) is 0 Å². The molecule has 3 atom stereocenters. The SMILES string of the molecule is C=C=C(C)N1CCC2C(C)C2/C(=C\C=C)C1. The lowest BCUT2D eigenvalue weighted by Gasteiger charge is -2.24. The number of hydrogen-bond donors (Lipinski definition) is 0. The van der Waals surface area contributed by atoms with Gasteiger partial charge in [0.15, 0.2) is 0 Å². The molecule has 16 heavy (non-hydrogen) atoms. The molecule has 86 valence electrons. The van der Waals surface area contributed by atoms with Crippen molar-refractivity contribution in [1.29, 1.82) is 0 Å². The predicted molar refractivity (Wildman–Crippen MR) is 68.9 cm³/mol. The summed E-state index contributed by atoms with van der Waals surface area (Å²) in [5.41, 5.74) is 5.72. The van der Waals surface area contributed by atoms with Crippen LogP contribution in [0, 0.1) is 17.8 Å². The smallest absolute Gasteiger partial charge is 0.0529 e. The minimum Gasteiger partial charge on any atom is -0.365 e. The molecular weight excluding hydrogens is 194 g/mol. The Morgan fingerprint density at radius 2 is 2.31 bits per heavy atom. The Labute approximate surface area is 98.8 Å². The van der Waals surface area contributed by atoms with Crippen LogP contribution in [0.5, 0.6) is 0 Å². The van der Waals surface area contributed by atoms with Crippen LogP contribution >= 0.6 is 0 Å². The lowest BCUT2D eigenvalue weighted by Crippen LogP contribution is -2.24. The maximum Gasteiger partial charge on any atom is 0.0529 e. The van der Waals surface area contributed by atoms with Crippen molar-refractivity contribution >= 4 is 0 Å². The average Bonchev–Trinajstić information content (AvgIpc) is 2.96. The van der Waals surface area contributed by atoms with Gasteiger partial charge in [-0.05, 0) is 36.7 Å². The van der Waals surface area contributed by atoms with Crippen LogP contribution in [0.3, 0.4) is 0 Å². The third-order valence-electron chi connectivity index (χ3n) is 4.16. The van der Waals surface area contributed by atoms with Crippen LogP contribution in [-0.4, -0.2) is 18.0 Å². The fraction of sp³-hybridized carbons (Fsp3) is 0.533. The first kappa shape index (κ1) is 11.3. The van der Waals surface area contributed by atoms with Crippen molar-refractivity contribution in [2.24, 2.45) is 17.8 Å². The summed E-state index contributed by atoms with van der Waals surface area (Å²) in [6.07, 6.45) is 5.43. The quantitative estimate of drug-likeness (QED) is 0.638. The van der Waals surface area contributed by atoms with E-state index in [-0.39, 0.29) is 0 Å². The predicted octanol–water partition coefficient (Wildman–Crippen LogP) is 3.38. The van der Waals surface area contributed by atoms with Gasteiger partial charge in [-0.1, -0.05) is 32.2 Å². The van der Waals surface area contributed by atoms with Gasteiger partial charge in [0.1, 0.15) is 0 Å². The molecule has 0 radical (unpaired) electrons. The summed E-state index contributed by atoms with van der Waals surface area (Å²) in [6, 6.07) is 0. The highest BCUT2D eigenvalue weighted by Crippen LogP contribution is 2.54. The number of rotatable bonds is 2. The van der Waals surface area contributed by atoms with E-state index in [2.05, 4.69) is 43.7 Å². The molecular formula is C15H21N. The molecule has 0 spiro atoms. The molecule has 1 saturated heterocycles. The summed E-state index contributed by atoms with van der Waals surface area (Å²) in [5, 5.41) is 0. The van der Waals surface area contributed by atoms with Gasteiger partial charge < -0.3 is 4.90 Å².